The van der Waals surface area contributed by atoms with Crippen LogP contribution in [0.4, 0.5) is 23.7 Å². The second-order valence-corrected chi connectivity index (χ2v) is 10.1. The smallest absolute Gasteiger partial charge is 0.410 e. The zero-order valence-electron chi connectivity index (χ0n) is 21.8. The maximum Gasteiger partial charge on any atom is 0.410 e. The Kier molecular flexibility index (Phi) is 8.57. The highest BCUT2D eigenvalue weighted by molar-refractivity contribution is 6.31. The van der Waals surface area contributed by atoms with Gasteiger partial charge in [0.15, 0.2) is 0 Å². The number of carbonyl (C=O) groups is 4. The van der Waals surface area contributed by atoms with Crippen LogP contribution in [0.1, 0.15) is 31.4 Å². The number of hydrogen-bond acceptors (Lipinski definition) is 5. The number of methoxy groups -OCH3 is 1. The Labute approximate surface area is 233 Å². The van der Waals surface area contributed by atoms with E-state index >= 15 is 0 Å². The lowest BCUT2D eigenvalue weighted by Crippen LogP contribution is -2.63. The van der Waals surface area contributed by atoms with Gasteiger partial charge in [-0.15, -0.1) is 0 Å². The number of ether oxygens (including phenoxy) is 1. The van der Waals surface area contributed by atoms with Crippen molar-refractivity contribution in [2.24, 2.45) is 0 Å². The number of nitrogens with one attached hydrogen (secondary N) is 1. The number of anilines is 1. The fraction of sp³-hybridized carbons (Fsp3) is 0.407. The molecule has 13 heteroatoms. The van der Waals surface area contributed by atoms with Gasteiger partial charge in [0.05, 0.1) is 13.7 Å². The van der Waals surface area contributed by atoms with Crippen LogP contribution >= 0.6 is 11.6 Å². The van der Waals surface area contributed by atoms with E-state index in [4.69, 9.17) is 16.3 Å². The second kappa shape index (κ2) is 11.7. The normalized spacial score (nSPS) is 19.3. The summed E-state index contributed by atoms with van der Waals surface area (Å²) >= 11 is 6.46. The van der Waals surface area contributed by atoms with Crippen molar-refractivity contribution < 1.29 is 37.1 Å². The zero-order valence-corrected chi connectivity index (χ0v) is 22.5. The molecule has 0 spiro atoms. The lowest BCUT2D eigenvalue weighted by atomic mass is 9.87. The largest absolute Gasteiger partial charge is 0.453 e. The van der Waals surface area contributed by atoms with Gasteiger partial charge in [0.2, 0.25) is 11.8 Å². The van der Waals surface area contributed by atoms with Crippen molar-refractivity contribution in [1.29, 1.82) is 0 Å². The first-order chi connectivity index (χ1) is 18.9. The summed E-state index contributed by atoms with van der Waals surface area (Å²) in [6, 6.07) is 7.34. The SMILES string of the molecule is COC(=O)N1CCN(C(C)=O)C[C@H]1C(=O)N(c1cccc(F)c1)[C@@H](C(=O)NC1CC(F)(F)C1)c1ccccc1Cl. The Morgan fingerprint density at radius 1 is 1.10 bits per heavy atom. The van der Waals surface area contributed by atoms with Crippen molar-refractivity contribution in [3.8, 4) is 0 Å². The minimum atomic E-state index is -2.92. The Bertz CT molecular complexity index is 1300. The Hall–Kier alpha value is -3.80. The van der Waals surface area contributed by atoms with E-state index < -0.39 is 60.6 Å². The van der Waals surface area contributed by atoms with Crippen LogP contribution in [0.15, 0.2) is 48.5 Å². The van der Waals surface area contributed by atoms with Crippen molar-refractivity contribution in [1.82, 2.24) is 15.1 Å². The third-order valence-corrected chi connectivity index (χ3v) is 7.33. The van der Waals surface area contributed by atoms with Crippen LogP contribution in [0.5, 0.6) is 0 Å². The van der Waals surface area contributed by atoms with Gasteiger partial charge in [-0.1, -0.05) is 35.9 Å². The van der Waals surface area contributed by atoms with Crippen molar-refractivity contribution in [3.05, 3.63) is 64.9 Å². The number of rotatable bonds is 6. The van der Waals surface area contributed by atoms with E-state index in [1.165, 1.54) is 36.1 Å². The summed E-state index contributed by atoms with van der Waals surface area (Å²) < 4.78 is 46.5. The molecule has 1 N–H and O–H groups in total. The molecule has 1 aliphatic heterocycles. The minimum Gasteiger partial charge on any atom is -0.453 e. The van der Waals surface area contributed by atoms with Crippen LogP contribution in [0, 0.1) is 5.82 Å². The number of hydrogen-bond donors (Lipinski definition) is 1. The molecular weight excluding hydrogens is 553 g/mol. The molecule has 1 saturated heterocycles. The number of halogens is 4. The first-order valence-corrected chi connectivity index (χ1v) is 12.9. The predicted molar refractivity (Wildman–Crippen MR) is 139 cm³/mol. The van der Waals surface area contributed by atoms with Gasteiger partial charge in [-0.25, -0.2) is 18.0 Å². The van der Waals surface area contributed by atoms with Crippen LogP contribution in [0.3, 0.4) is 0 Å². The molecule has 2 aromatic carbocycles. The molecule has 2 atom stereocenters. The van der Waals surface area contributed by atoms with Crippen molar-refractivity contribution in [3.63, 3.8) is 0 Å². The van der Waals surface area contributed by atoms with Gasteiger partial charge in [0.25, 0.3) is 11.8 Å². The highest BCUT2D eigenvalue weighted by Gasteiger charge is 2.48. The maximum atomic E-state index is 14.5. The van der Waals surface area contributed by atoms with Crippen LogP contribution < -0.4 is 10.2 Å². The Morgan fingerprint density at radius 2 is 1.80 bits per heavy atom. The van der Waals surface area contributed by atoms with E-state index in [0.29, 0.717) is 0 Å². The molecule has 214 valence electrons. The number of carbonyl (C=O) groups excluding carboxylic acids is 4. The molecule has 2 aliphatic rings. The number of piperazine rings is 1. The fourth-order valence-electron chi connectivity index (χ4n) is 4.94. The summed E-state index contributed by atoms with van der Waals surface area (Å²) in [4.78, 5) is 56.5. The van der Waals surface area contributed by atoms with Crippen LogP contribution in [0.2, 0.25) is 5.02 Å². The topological polar surface area (TPSA) is 99.3 Å². The Morgan fingerprint density at radius 3 is 2.40 bits per heavy atom. The first kappa shape index (κ1) is 29.2. The van der Waals surface area contributed by atoms with Gasteiger partial charge in [-0.05, 0) is 24.3 Å². The van der Waals surface area contributed by atoms with Crippen LogP contribution in [-0.2, 0) is 19.1 Å². The van der Waals surface area contributed by atoms with Crippen LogP contribution in [0.25, 0.3) is 0 Å². The van der Waals surface area contributed by atoms with Gasteiger partial charge in [-0.3, -0.25) is 24.2 Å². The van der Waals surface area contributed by atoms with E-state index in [1.54, 1.807) is 12.1 Å². The van der Waals surface area contributed by atoms with E-state index in [0.717, 1.165) is 29.0 Å². The quantitative estimate of drug-likeness (QED) is 0.561. The highest BCUT2D eigenvalue weighted by atomic mass is 35.5. The molecule has 0 radical (unpaired) electrons. The Balaban J connectivity index is 1.83. The molecule has 1 heterocycles. The van der Waals surface area contributed by atoms with Gasteiger partial charge in [0.1, 0.15) is 17.9 Å². The highest BCUT2D eigenvalue weighted by Crippen LogP contribution is 2.39. The molecule has 2 aromatic rings. The average Bonchev–Trinajstić information content (AvgIpc) is 2.90. The molecule has 2 fully saturated rings. The number of alkyl halides is 2. The lowest BCUT2D eigenvalue weighted by molar-refractivity contribution is -0.137. The molecule has 4 rings (SSSR count). The number of benzene rings is 2. The molecule has 4 amide bonds. The molecule has 1 aliphatic carbocycles. The summed E-state index contributed by atoms with van der Waals surface area (Å²) in [5.41, 5.74) is 0.1000. The molecule has 40 heavy (non-hydrogen) atoms. The molecule has 0 unspecified atom stereocenters. The predicted octanol–water partition coefficient (Wildman–Crippen LogP) is 3.77. The van der Waals surface area contributed by atoms with Gasteiger partial charge in [0, 0.05) is 55.2 Å². The van der Waals surface area contributed by atoms with Gasteiger partial charge < -0.3 is 15.0 Å². The van der Waals surface area contributed by atoms with E-state index in [-0.39, 0.29) is 41.8 Å². The molecule has 0 aromatic heterocycles. The van der Waals surface area contributed by atoms with E-state index in [9.17, 15) is 32.3 Å². The van der Waals surface area contributed by atoms with Crippen molar-refractivity contribution in [2.75, 3.05) is 31.6 Å². The summed E-state index contributed by atoms with van der Waals surface area (Å²) in [7, 11) is 1.14. The number of amides is 4. The summed E-state index contributed by atoms with van der Waals surface area (Å²) in [5.74, 6) is -5.64. The van der Waals surface area contributed by atoms with Crippen molar-refractivity contribution in [2.45, 2.75) is 43.8 Å². The molecule has 0 bridgehead atoms. The van der Waals surface area contributed by atoms with Gasteiger partial charge in [-0.2, -0.15) is 0 Å². The molecule has 9 nitrogen and oxygen atoms in total. The first-order valence-electron chi connectivity index (χ1n) is 12.5. The summed E-state index contributed by atoms with van der Waals surface area (Å²) in [5, 5.41) is 2.65. The third-order valence-electron chi connectivity index (χ3n) is 6.99. The third kappa shape index (κ3) is 6.16. The lowest BCUT2D eigenvalue weighted by Gasteiger charge is -2.43. The fourth-order valence-corrected chi connectivity index (χ4v) is 5.18. The van der Waals surface area contributed by atoms with Crippen LogP contribution in [-0.4, -0.2) is 78.4 Å². The minimum absolute atomic E-state index is 0.0419. The zero-order chi connectivity index (χ0) is 29.2. The van der Waals surface area contributed by atoms with E-state index in [2.05, 4.69) is 5.32 Å². The van der Waals surface area contributed by atoms with Crippen molar-refractivity contribution >= 4 is 41.1 Å². The second-order valence-electron chi connectivity index (χ2n) is 9.73. The standard InChI is InChI=1S/C27H28ClF3N4O5/c1-16(36)33-10-11-34(26(39)40-2)22(15-33)25(38)35(19-7-5-6-17(29)12-19)23(20-8-3-4-9-21(20)28)24(37)32-18-13-27(30,31)14-18/h3-9,12,18,22-23H,10-11,13-15H2,1-2H3,(H,32,37)/t22-,23+/m0/s1. The molecule has 1 saturated carbocycles. The maximum absolute atomic E-state index is 14.5. The van der Waals surface area contributed by atoms with Gasteiger partial charge >= 0.3 is 6.09 Å². The molecular formula is C27H28ClF3N4O5. The van der Waals surface area contributed by atoms with E-state index in [1.807, 2.05) is 0 Å². The number of nitrogens with zero attached hydrogens (tertiary/aromatic N) is 3. The monoisotopic (exact) mass is 580 g/mol. The summed E-state index contributed by atoms with van der Waals surface area (Å²) in [6.45, 7) is 1.19. The average molecular weight is 581 g/mol. The summed E-state index contributed by atoms with van der Waals surface area (Å²) in [6.07, 6.45) is -1.99.